The Labute approximate surface area is 71.7 Å². The molecule has 1 radical (unpaired) electrons. The van der Waals surface area contributed by atoms with Crippen molar-refractivity contribution in [2.45, 2.75) is 0 Å². The van der Waals surface area contributed by atoms with Crippen LogP contribution in [-0.4, -0.2) is 43.2 Å². The molecule has 0 aromatic carbocycles. The molecule has 0 aliphatic carbocycles. The third-order valence-electron chi connectivity index (χ3n) is 0. The summed E-state index contributed by atoms with van der Waals surface area (Å²) in [6, 6.07) is 0. The van der Waals surface area contributed by atoms with Crippen molar-refractivity contribution < 1.29 is 35.0 Å². The zero-order chi connectivity index (χ0) is 0. The molecule has 0 aliphatic rings. The second-order valence-corrected chi connectivity index (χ2v) is 0. The molecule has 1 N–H and O–H groups in total. The molecule has 0 saturated carbocycles. The number of hydrogen-bond donors (Lipinski definition) is 0. The molecule has 21 valence electrons. The molecule has 0 rings (SSSR count). The van der Waals surface area contributed by atoms with Crippen LogP contribution < -0.4 is 12.4 Å². The summed E-state index contributed by atoms with van der Waals surface area (Å²) in [5.74, 6) is 0. The minimum Gasteiger partial charge on any atom is -1.00 e. The summed E-state index contributed by atoms with van der Waals surface area (Å²) in [5, 5.41) is 0. The first-order valence-corrected chi connectivity index (χ1v) is 0. The fraction of sp³-hybridized carbons (Fsp3) is 0. The fourth-order valence-electron chi connectivity index (χ4n) is 0. The van der Waals surface area contributed by atoms with Gasteiger partial charge in [0.15, 0.2) is 0 Å². The molecule has 1 nitrogen and oxygen atoms in total. The Hall–Kier alpha value is 2.03. The summed E-state index contributed by atoms with van der Waals surface area (Å²) < 4.78 is 0. The Morgan fingerprint density at radius 3 is 1.00 bits per heavy atom. The van der Waals surface area contributed by atoms with E-state index in [0.29, 0.717) is 0 Å². The van der Waals surface area contributed by atoms with Gasteiger partial charge in [-0.15, -0.1) is 0 Å². The second-order valence-electron chi connectivity index (χ2n) is 0. The van der Waals surface area contributed by atoms with Gasteiger partial charge in [0.2, 0.25) is 0 Å². The molecule has 0 aromatic rings. The Bertz CT molecular complexity index is 8.00. The Kier molecular flexibility index (Phi) is 184. The molecular weight excluding hydrogens is 147 g/mol. The van der Waals surface area contributed by atoms with E-state index >= 15 is 0 Å². The Morgan fingerprint density at radius 1 is 1.00 bits per heavy atom. The van der Waals surface area contributed by atoms with Gasteiger partial charge < -0.3 is 17.9 Å². The smallest absolute Gasteiger partial charge is 1.00 e. The van der Waals surface area contributed by atoms with Crippen molar-refractivity contribution in [3.05, 3.63) is 0 Å². The zero-order valence-corrected chi connectivity index (χ0v) is 5.95. The van der Waals surface area contributed by atoms with E-state index < -0.39 is 0 Å². The molecule has 0 aliphatic heterocycles. The first kappa shape index (κ1) is 37.0. The first-order valence-electron chi connectivity index (χ1n) is 0. The maximum Gasteiger partial charge on any atom is 3.00 e. The quantitative estimate of drug-likeness (QED) is 0.327. The average molecular weight is 148 g/mol. The molecule has 0 atom stereocenters. The van der Waals surface area contributed by atoms with Crippen molar-refractivity contribution in [3.63, 3.8) is 0 Å². The van der Waals surface area contributed by atoms with Crippen molar-refractivity contribution >= 4 is 37.7 Å². The number of rotatable bonds is 0. The Morgan fingerprint density at radius 2 is 1.00 bits per heavy atom. The van der Waals surface area contributed by atoms with Crippen molar-refractivity contribution in [2.75, 3.05) is 0 Å². The van der Waals surface area contributed by atoms with Crippen LogP contribution in [-0.2, 0) is 17.1 Å². The largest absolute Gasteiger partial charge is 3.00 e. The van der Waals surface area contributed by atoms with Crippen LogP contribution in [0, 0.1) is 0 Å². The van der Waals surface area contributed by atoms with Crippen LogP contribution in [0.4, 0.5) is 0 Å². The van der Waals surface area contributed by atoms with Gasteiger partial charge in [-0.05, 0) is 0 Å². The number of hydrogen-bond acceptors (Lipinski definition) is 1. The summed E-state index contributed by atoms with van der Waals surface area (Å²) in [4.78, 5) is 0. The van der Waals surface area contributed by atoms with Gasteiger partial charge in [0.05, 0.1) is 0 Å². The van der Waals surface area contributed by atoms with Crippen LogP contribution in [0.1, 0.15) is 0 Å². The van der Waals surface area contributed by atoms with Crippen molar-refractivity contribution in [3.8, 4) is 0 Å². The number of halogens is 1. The molecule has 0 bridgehead atoms. The molecule has 4 heteroatoms. The van der Waals surface area contributed by atoms with E-state index in [0.717, 1.165) is 0 Å². The molecule has 4 heavy (non-hydrogen) atoms. The summed E-state index contributed by atoms with van der Waals surface area (Å²) >= 11 is 0. The molecule has 0 unspecified atom stereocenters. The summed E-state index contributed by atoms with van der Waals surface area (Å²) in [7, 11) is 0. The van der Waals surface area contributed by atoms with Gasteiger partial charge in [0.25, 0.3) is 0 Å². The minimum absolute atomic E-state index is 0. The van der Waals surface area contributed by atoms with Crippen molar-refractivity contribution in [1.29, 1.82) is 0 Å². The average Bonchev–Trinajstić information content (AvgIpc) is 0. The van der Waals surface area contributed by atoms with Crippen LogP contribution in [0.15, 0.2) is 0 Å². The standard InChI is InChI=1S/Ca.ClH.Fe.H2O/h;1H;;1H2/q+2;;+3;/p-2. The second kappa shape index (κ2) is 19.8. The van der Waals surface area contributed by atoms with Gasteiger partial charge in [-0.2, -0.15) is 0 Å². The van der Waals surface area contributed by atoms with Gasteiger partial charge in [-0.3, -0.25) is 0 Å². The van der Waals surface area contributed by atoms with Gasteiger partial charge in [-0.25, -0.2) is 0 Å². The predicted octanol–water partition coefficient (Wildman–Crippen LogP) is -3.56. The predicted molar refractivity (Wildman–Crippen MR) is 7.69 cm³/mol. The molecule has 0 heterocycles. The van der Waals surface area contributed by atoms with E-state index in [2.05, 4.69) is 0 Å². The molecule has 0 aromatic heterocycles. The summed E-state index contributed by atoms with van der Waals surface area (Å²) in [5.41, 5.74) is 0. The van der Waals surface area contributed by atoms with Crippen LogP contribution in [0.25, 0.3) is 0 Å². The fourth-order valence-corrected chi connectivity index (χ4v) is 0. The van der Waals surface area contributed by atoms with Crippen molar-refractivity contribution in [1.82, 2.24) is 0 Å². The Balaban J connectivity index is 0. The van der Waals surface area contributed by atoms with E-state index in [1.165, 1.54) is 0 Å². The third-order valence-corrected chi connectivity index (χ3v) is 0. The van der Waals surface area contributed by atoms with E-state index in [1.807, 2.05) is 0 Å². The van der Waals surface area contributed by atoms with Crippen molar-refractivity contribution in [2.24, 2.45) is 0 Å². The van der Waals surface area contributed by atoms with Gasteiger partial charge in [-0.1, -0.05) is 0 Å². The molecule has 0 spiro atoms. The summed E-state index contributed by atoms with van der Waals surface area (Å²) in [6.07, 6.45) is 0. The van der Waals surface area contributed by atoms with Crippen LogP contribution in [0.3, 0.4) is 0 Å². The third kappa shape index (κ3) is 8.98. The topological polar surface area (TPSA) is 30.0 Å². The molecular formula is HCaClFeO+3. The minimum atomic E-state index is 0. The van der Waals surface area contributed by atoms with E-state index in [4.69, 9.17) is 0 Å². The van der Waals surface area contributed by atoms with Crippen LogP contribution in [0.5, 0.6) is 0 Å². The van der Waals surface area contributed by atoms with Gasteiger partial charge in [0.1, 0.15) is 0 Å². The van der Waals surface area contributed by atoms with E-state index in [1.54, 1.807) is 0 Å². The maximum atomic E-state index is 0. The van der Waals surface area contributed by atoms with Crippen LogP contribution >= 0.6 is 0 Å². The SMILES string of the molecule is [Ca+2].[Cl-].[Fe+3].[OH-]. The zero-order valence-electron chi connectivity index (χ0n) is 1.89. The van der Waals surface area contributed by atoms with Gasteiger partial charge >= 0.3 is 54.8 Å². The molecule has 0 fully saturated rings. The first-order chi connectivity index (χ1) is 0. The maximum absolute atomic E-state index is 0. The van der Waals surface area contributed by atoms with E-state index in [-0.39, 0.29) is 72.7 Å². The van der Waals surface area contributed by atoms with Gasteiger partial charge in [0, 0.05) is 0 Å². The molecule has 0 amide bonds. The summed E-state index contributed by atoms with van der Waals surface area (Å²) in [6.45, 7) is 0. The van der Waals surface area contributed by atoms with Crippen LogP contribution in [0.2, 0.25) is 0 Å². The monoisotopic (exact) mass is 148 g/mol. The normalized spacial score (nSPS) is 0. The van der Waals surface area contributed by atoms with E-state index in [9.17, 15) is 0 Å². The molecule has 0 saturated heterocycles.